The topological polar surface area (TPSA) is 105 Å². The maximum atomic E-state index is 11.9. The van der Waals surface area contributed by atoms with Gasteiger partial charge in [0.15, 0.2) is 0 Å². The Labute approximate surface area is 165 Å². The molecule has 0 aliphatic rings. The van der Waals surface area contributed by atoms with Crippen LogP contribution in [0.2, 0.25) is 0 Å². The van der Waals surface area contributed by atoms with Crippen molar-refractivity contribution < 1.29 is 19.1 Å². The number of hydrogen-bond acceptors (Lipinski definition) is 6. The lowest BCUT2D eigenvalue weighted by Crippen LogP contribution is -2.08. The van der Waals surface area contributed by atoms with E-state index in [2.05, 4.69) is 0 Å². The summed E-state index contributed by atoms with van der Waals surface area (Å²) in [5, 5.41) is 0. The van der Waals surface area contributed by atoms with Gasteiger partial charge in [0.1, 0.15) is 0 Å². The van der Waals surface area contributed by atoms with Crippen molar-refractivity contribution in [3.63, 3.8) is 0 Å². The van der Waals surface area contributed by atoms with Gasteiger partial charge in [0.05, 0.1) is 18.8 Å². The van der Waals surface area contributed by atoms with Gasteiger partial charge in [-0.1, -0.05) is 30.3 Å². The van der Waals surface area contributed by atoms with Crippen LogP contribution in [-0.2, 0) is 14.3 Å². The van der Waals surface area contributed by atoms with E-state index < -0.39 is 5.97 Å². The number of anilines is 2. The Bertz CT molecular complexity index is 783. The van der Waals surface area contributed by atoms with Crippen LogP contribution >= 0.6 is 0 Å². The molecule has 6 nitrogen and oxygen atoms in total. The van der Waals surface area contributed by atoms with E-state index in [0.717, 1.165) is 31.2 Å². The normalized spacial score (nSPS) is 10.7. The van der Waals surface area contributed by atoms with E-state index in [1.807, 2.05) is 30.3 Å². The minimum absolute atomic E-state index is 0.327. The van der Waals surface area contributed by atoms with Crippen molar-refractivity contribution in [1.82, 2.24) is 0 Å². The number of hydrogen-bond donors (Lipinski definition) is 2. The fraction of sp³-hybridized carbons (Fsp3) is 0.273. The maximum Gasteiger partial charge on any atom is 0.338 e. The third kappa shape index (κ3) is 7.95. The van der Waals surface area contributed by atoms with E-state index in [-0.39, 0.29) is 5.97 Å². The van der Waals surface area contributed by atoms with Crippen LogP contribution < -0.4 is 11.5 Å². The van der Waals surface area contributed by atoms with Crippen LogP contribution in [0.1, 0.15) is 41.6 Å². The van der Waals surface area contributed by atoms with Crippen molar-refractivity contribution in [3.05, 3.63) is 65.7 Å². The third-order valence-corrected chi connectivity index (χ3v) is 3.94. The first-order valence-electron chi connectivity index (χ1n) is 9.27. The van der Waals surface area contributed by atoms with Crippen molar-refractivity contribution in [3.8, 4) is 0 Å². The van der Waals surface area contributed by atoms with E-state index >= 15 is 0 Å². The molecule has 148 valence electrons. The Balaban J connectivity index is 1.52. The lowest BCUT2D eigenvalue weighted by atomic mass is 10.2. The molecule has 0 saturated heterocycles. The molecule has 2 aromatic rings. The highest BCUT2D eigenvalue weighted by Crippen LogP contribution is 2.14. The molecule has 0 spiro atoms. The van der Waals surface area contributed by atoms with E-state index in [9.17, 15) is 9.59 Å². The number of ether oxygens (including phenoxy) is 2. The molecular weight excluding hydrogens is 356 g/mol. The second-order valence-corrected chi connectivity index (χ2v) is 6.35. The Morgan fingerprint density at radius 3 is 2.07 bits per heavy atom. The van der Waals surface area contributed by atoms with Crippen LogP contribution in [0.3, 0.4) is 0 Å². The smallest absolute Gasteiger partial charge is 0.338 e. The zero-order valence-corrected chi connectivity index (χ0v) is 15.8. The fourth-order valence-electron chi connectivity index (χ4n) is 2.55. The summed E-state index contributed by atoms with van der Waals surface area (Å²) in [6.07, 6.45) is 6.43. The summed E-state index contributed by atoms with van der Waals surface area (Å²) in [7, 11) is 0. The average Bonchev–Trinajstić information content (AvgIpc) is 2.68. The molecule has 0 aromatic heterocycles. The van der Waals surface area contributed by atoms with Gasteiger partial charge in [-0.3, -0.25) is 0 Å². The van der Waals surface area contributed by atoms with Crippen LogP contribution in [0, 0.1) is 0 Å². The summed E-state index contributed by atoms with van der Waals surface area (Å²) in [6, 6.07) is 14.2. The fourth-order valence-corrected chi connectivity index (χ4v) is 2.55. The highest BCUT2D eigenvalue weighted by atomic mass is 16.5. The summed E-state index contributed by atoms with van der Waals surface area (Å²) in [5.74, 6) is -0.780. The largest absolute Gasteiger partial charge is 0.463 e. The lowest BCUT2D eigenvalue weighted by Gasteiger charge is -2.07. The number of rotatable bonds is 10. The molecule has 6 heteroatoms. The van der Waals surface area contributed by atoms with Crippen LogP contribution in [0.25, 0.3) is 6.08 Å². The minimum Gasteiger partial charge on any atom is -0.463 e. The molecule has 0 unspecified atom stereocenters. The van der Waals surface area contributed by atoms with Gasteiger partial charge in [-0.2, -0.15) is 0 Å². The van der Waals surface area contributed by atoms with Gasteiger partial charge < -0.3 is 20.9 Å². The third-order valence-electron chi connectivity index (χ3n) is 3.94. The SMILES string of the molecule is Nc1cc(N)cc(C(=O)OCCCCCCOC(=O)C=Cc2ccccc2)c1. The molecule has 2 aromatic carbocycles. The summed E-state index contributed by atoms with van der Waals surface area (Å²) in [5.41, 5.74) is 13.5. The van der Waals surface area contributed by atoms with Gasteiger partial charge in [-0.05, 0) is 55.5 Å². The molecule has 0 radical (unpaired) electrons. The summed E-state index contributed by atoms with van der Waals surface area (Å²) >= 11 is 0. The van der Waals surface area contributed by atoms with Crippen molar-refractivity contribution in [1.29, 1.82) is 0 Å². The van der Waals surface area contributed by atoms with Crippen molar-refractivity contribution in [2.75, 3.05) is 24.7 Å². The molecule has 0 amide bonds. The first-order chi connectivity index (χ1) is 13.5. The number of carbonyl (C=O) groups excluding carboxylic acids is 2. The van der Waals surface area contributed by atoms with Crippen LogP contribution in [0.4, 0.5) is 11.4 Å². The van der Waals surface area contributed by atoms with Gasteiger partial charge >= 0.3 is 11.9 Å². The van der Waals surface area contributed by atoms with Crippen molar-refractivity contribution in [2.45, 2.75) is 25.7 Å². The number of nitrogens with two attached hydrogens (primary N) is 2. The molecule has 2 rings (SSSR count). The zero-order valence-electron chi connectivity index (χ0n) is 15.8. The molecule has 0 aliphatic carbocycles. The lowest BCUT2D eigenvalue weighted by molar-refractivity contribution is -0.137. The minimum atomic E-state index is -0.432. The summed E-state index contributed by atoms with van der Waals surface area (Å²) in [6.45, 7) is 0.702. The zero-order chi connectivity index (χ0) is 20.2. The second-order valence-electron chi connectivity index (χ2n) is 6.35. The molecule has 0 saturated carbocycles. The molecule has 0 atom stereocenters. The molecule has 0 bridgehead atoms. The van der Waals surface area contributed by atoms with E-state index in [4.69, 9.17) is 20.9 Å². The molecule has 0 aliphatic heterocycles. The monoisotopic (exact) mass is 382 g/mol. The first kappa shape index (κ1) is 21.0. The number of benzene rings is 2. The van der Waals surface area contributed by atoms with Crippen LogP contribution in [-0.4, -0.2) is 25.2 Å². The van der Waals surface area contributed by atoms with Gasteiger partial charge in [0.25, 0.3) is 0 Å². The van der Waals surface area contributed by atoms with Gasteiger partial charge in [-0.15, -0.1) is 0 Å². The Hall–Kier alpha value is -3.28. The number of unbranched alkanes of at least 4 members (excludes halogenated alkanes) is 3. The van der Waals surface area contributed by atoms with Gasteiger partial charge in [-0.25, -0.2) is 9.59 Å². The predicted molar refractivity (Wildman–Crippen MR) is 110 cm³/mol. The van der Waals surface area contributed by atoms with Gasteiger partial charge in [0, 0.05) is 17.5 Å². The molecule has 0 heterocycles. The number of esters is 2. The maximum absolute atomic E-state index is 11.9. The van der Waals surface area contributed by atoms with Crippen LogP contribution in [0.5, 0.6) is 0 Å². The number of carbonyl (C=O) groups is 2. The number of nitrogen functional groups attached to an aromatic ring is 2. The molecular formula is C22H26N2O4. The van der Waals surface area contributed by atoms with E-state index in [1.165, 1.54) is 6.08 Å². The Morgan fingerprint density at radius 1 is 0.821 bits per heavy atom. The first-order valence-corrected chi connectivity index (χ1v) is 9.27. The highest BCUT2D eigenvalue weighted by Gasteiger charge is 2.08. The van der Waals surface area contributed by atoms with Crippen LogP contribution in [0.15, 0.2) is 54.6 Å². The van der Waals surface area contributed by atoms with Gasteiger partial charge in [0.2, 0.25) is 0 Å². The standard InChI is InChI=1S/C22H26N2O4/c23-19-14-18(15-20(24)16-19)22(26)28-13-7-2-1-6-12-27-21(25)11-10-17-8-4-3-5-9-17/h3-5,8-11,14-16H,1-2,6-7,12-13,23-24H2. The highest BCUT2D eigenvalue weighted by molar-refractivity contribution is 5.91. The Morgan fingerprint density at radius 2 is 1.43 bits per heavy atom. The van der Waals surface area contributed by atoms with Crippen molar-refractivity contribution >= 4 is 29.4 Å². The summed E-state index contributed by atoms with van der Waals surface area (Å²) < 4.78 is 10.4. The van der Waals surface area contributed by atoms with E-state index in [1.54, 1.807) is 24.3 Å². The quantitative estimate of drug-likeness (QED) is 0.280. The summed E-state index contributed by atoms with van der Waals surface area (Å²) in [4.78, 5) is 23.6. The molecule has 0 fully saturated rings. The molecule has 28 heavy (non-hydrogen) atoms. The molecule has 4 N–H and O–H groups in total. The Kier molecular flexibility index (Phi) is 8.59. The van der Waals surface area contributed by atoms with Crippen molar-refractivity contribution in [2.24, 2.45) is 0 Å². The predicted octanol–water partition coefficient (Wildman–Crippen LogP) is 3.82. The second kappa shape index (κ2) is 11.4. The van der Waals surface area contributed by atoms with E-state index in [0.29, 0.717) is 30.2 Å². The average molecular weight is 382 g/mol.